The van der Waals surface area contributed by atoms with Crippen LogP contribution in [0.3, 0.4) is 0 Å². The number of halogens is 1. The number of thiocarbonyl (C=S) groups is 1. The number of ether oxygens (including phenoxy) is 2. The third-order valence-electron chi connectivity index (χ3n) is 3.01. The van der Waals surface area contributed by atoms with E-state index in [-0.39, 0.29) is 11.0 Å². The third-order valence-corrected chi connectivity index (χ3v) is 3.93. The van der Waals surface area contributed by atoms with E-state index in [1.165, 1.54) is 0 Å². The van der Waals surface area contributed by atoms with Gasteiger partial charge in [-0.25, -0.2) is 0 Å². The fourth-order valence-corrected chi connectivity index (χ4v) is 2.45. The number of hydrogen-bond donors (Lipinski definition) is 2. The standard InChI is InChI=1S/C17H17IN2O3S/c1-22-10-11-23-15-5-3-2-4-14(15)16(21)20-17(24)19-13-8-6-12(18)7-9-13/h2-9H,10-11H2,1H3,(H2,19,20,21,24). The molecular formula is C17H17IN2O3S. The number of rotatable bonds is 6. The van der Waals surface area contributed by atoms with Crippen LogP contribution in [-0.2, 0) is 4.74 Å². The molecule has 0 unspecified atom stereocenters. The van der Waals surface area contributed by atoms with Gasteiger partial charge in [0.1, 0.15) is 12.4 Å². The van der Waals surface area contributed by atoms with Gasteiger partial charge in [-0.3, -0.25) is 10.1 Å². The summed E-state index contributed by atoms with van der Waals surface area (Å²) >= 11 is 7.41. The van der Waals surface area contributed by atoms with Gasteiger partial charge < -0.3 is 14.8 Å². The summed E-state index contributed by atoms with van der Waals surface area (Å²) < 4.78 is 11.6. The number of carbonyl (C=O) groups is 1. The van der Waals surface area contributed by atoms with Gasteiger partial charge >= 0.3 is 0 Å². The summed E-state index contributed by atoms with van der Waals surface area (Å²) in [5, 5.41) is 5.86. The first kappa shape index (κ1) is 18.6. The van der Waals surface area contributed by atoms with Gasteiger partial charge in [0.05, 0.1) is 12.2 Å². The van der Waals surface area contributed by atoms with Crippen molar-refractivity contribution in [1.29, 1.82) is 0 Å². The quantitative estimate of drug-likeness (QED) is 0.396. The minimum absolute atomic E-state index is 0.230. The van der Waals surface area contributed by atoms with E-state index in [0.717, 1.165) is 9.26 Å². The number of amides is 1. The molecule has 2 N–H and O–H groups in total. The molecule has 1 amide bonds. The summed E-state index contributed by atoms with van der Waals surface area (Å²) in [4.78, 5) is 12.4. The molecule has 5 nitrogen and oxygen atoms in total. The second kappa shape index (κ2) is 9.55. The average Bonchev–Trinajstić information content (AvgIpc) is 2.57. The molecule has 0 saturated heterocycles. The molecule has 2 aromatic carbocycles. The molecule has 0 aliphatic carbocycles. The Labute approximate surface area is 159 Å². The Balaban J connectivity index is 1.98. The summed E-state index contributed by atoms with van der Waals surface area (Å²) in [5.41, 5.74) is 1.23. The summed E-state index contributed by atoms with van der Waals surface area (Å²) in [5.74, 6) is 0.162. The lowest BCUT2D eigenvalue weighted by Crippen LogP contribution is -2.34. The molecule has 0 spiro atoms. The maximum absolute atomic E-state index is 12.4. The van der Waals surface area contributed by atoms with Crippen molar-refractivity contribution in [2.45, 2.75) is 0 Å². The van der Waals surface area contributed by atoms with Crippen LogP contribution in [0, 0.1) is 3.57 Å². The zero-order valence-corrected chi connectivity index (χ0v) is 16.0. The molecular weight excluding hydrogens is 439 g/mol. The normalized spacial score (nSPS) is 10.1. The second-order valence-electron chi connectivity index (χ2n) is 4.75. The van der Waals surface area contributed by atoms with Gasteiger partial charge in [-0.15, -0.1) is 0 Å². The van der Waals surface area contributed by atoms with E-state index in [0.29, 0.717) is 24.5 Å². The molecule has 0 heterocycles. The van der Waals surface area contributed by atoms with Gasteiger partial charge in [0.2, 0.25) is 0 Å². The van der Waals surface area contributed by atoms with E-state index in [9.17, 15) is 4.79 Å². The molecule has 24 heavy (non-hydrogen) atoms. The Hall–Kier alpha value is -1.71. The first-order chi connectivity index (χ1) is 11.6. The van der Waals surface area contributed by atoms with Crippen LogP contribution in [0.5, 0.6) is 5.75 Å². The molecule has 0 fully saturated rings. The molecule has 0 saturated carbocycles. The summed E-state index contributed by atoms with van der Waals surface area (Å²) in [6.07, 6.45) is 0. The number of para-hydroxylation sites is 1. The van der Waals surface area contributed by atoms with Crippen LogP contribution in [0.4, 0.5) is 5.69 Å². The number of benzene rings is 2. The first-order valence-corrected chi connectivity index (χ1v) is 8.67. The van der Waals surface area contributed by atoms with Gasteiger partial charge in [0.25, 0.3) is 5.91 Å². The molecule has 0 aliphatic rings. The topological polar surface area (TPSA) is 59.6 Å². The predicted octanol–water partition coefficient (Wildman–Crippen LogP) is 3.44. The van der Waals surface area contributed by atoms with Crippen molar-refractivity contribution < 1.29 is 14.3 Å². The lowest BCUT2D eigenvalue weighted by Gasteiger charge is -2.13. The minimum atomic E-state index is -0.328. The fraction of sp³-hybridized carbons (Fsp3) is 0.176. The Morgan fingerprint density at radius 2 is 1.83 bits per heavy atom. The van der Waals surface area contributed by atoms with E-state index < -0.39 is 0 Å². The van der Waals surface area contributed by atoms with Crippen LogP contribution in [0.1, 0.15) is 10.4 Å². The Morgan fingerprint density at radius 3 is 2.54 bits per heavy atom. The molecule has 7 heteroatoms. The van der Waals surface area contributed by atoms with Crippen LogP contribution in [0.2, 0.25) is 0 Å². The predicted molar refractivity (Wildman–Crippen MR) is 107 cm³/mol. The van der Waals surface area contributed by atoms with Crippen molar-refractivity contribution >= 4 is 51.5 Å². The highest BCUT2D eigenvalue weighted by Crippen LogP contribution is 2.18. The van der Waals surface area contributed by atoms with Crippen molar-refractivity contribution in [3.05, 3.63) is 57.7 Å². The monoisotopic (exact) mass is 456 g/mol. The van der Waals surface area contributed by atoms with Crippen molar-refractivity contribution in [2.75, 3.05) is 25.6 Å². The first-order valence-electron chi connectivity index (χ1n) is 7.19. The van der Waals surface area contributed by atoms with E-state index >= 15 is 0 Å². The molecule has 0 aliphatic heterocycles. The Kier molecular flexibility index (Phi) is 7.41. The van der Waals surface area contributed by atoms with Gasteiger partial charge in [0, 0.05) is 16.4 Å². The number of anilines is 1. The molecule has 0 aromatic heterocycles. The molecule has 2 rings (SSSR count). The molecule has 0 bridgehead atoms. The zero-order chi connectivity index (χ0) is 17.4. The maximum atomic E-state index is 12.4. The lowest BCUT2D eigenvalue weighted by molar-refractivity contribution is 0.0970. The van der Waals surface area contributed by atoms with Crippen LogP contribution >= 0.6 is 34.8 Å². The van der Waals surface area contributed by atoms with Crippen molar-refractivity contribution in [1.82, 2.24) is 5.32 Å². The zero-order valence-electron chi connectivity index (χ0n) is 13.0. The highest BCUT2D eigenvalue weighted by Gasteiger charge is 2.13. The Morgan fingerprint density at radius 1 is 1.12 bits per heavy atom. The highest BCUT2D eigenvalue weighted by molar-refractivity contribution is 14.1. The summed E-state index contributed by atoms with van der Waals surface area (Å²) in [7, 11) is 1.59. The van der Waals surface area contributed by atoms with Crippen LogP contribution in [-0.4, -0.2) is 31.3 Å². The largest absolute Gasteiger partial charge is 0.490 e. The van der Waals surface area contributed by atoms with Crippen molar-refractivity contribution in [3.63, 3.8) is 0 Å². The molecule has 0 atom stereocenters. The van der Waals surface area contributed by atoms with E-state index in [2.05, 4.69) is 33.2 Å². The van der Waals surface area contributed by atoms with Crippen molar-refractivity contribution in [2.24, 2.45) is 0 Å². The molecule has 2 aromatic rings. The van der Waals surface area contributed by atoms with E-state index in [1.54, 1.807) is 31.4 Å². The van der Waals surface area contributed by atoms with E-state index in [4.69, 9.17) is 21.7 Å². The van der Waals surface area contributed by atoms with E-state index in [1.807, 2.05) is 24.3 Å². The summed E-state index contributed by atoms with van der Waals surface area (Å²) in [6, 6.07) is 14.7. The van der Waals surface area contributed by atoms with Gasteiger partial charge in [0.15, 0.2) is 5.11 Å². The minimum Gasteiger partial charge on any atom is -0.490 e. The SMILES string of the molecule is COCCOc1ccccc1C(=O)NC(=S)Nc1ccc(I)cc1. The average molecular weight is 456 g/mol. The van der Waals surface area contributed by atoms with Gasteiger partial charge in [-0.1, -0.05) is 12.1 Å². The third kappa shape index (κ3) is 5.73. The van der Waals surface area contributed by atoms with Crippen LogP contribution in [0.15, 0.2) is 48.5 Å². The van der Waals surface area contributed by atoms with Crippen LogP contribution < -0.4 is 15.4 Å². The lowest BCUT2D eigenvalue weighted by atomic mass is 10.2. The number of nitrogens with one attached hydrogen (secondary N) is 2. The number of hydrogen-bond acceptors (Lipinski definition) is 4. The van der Waals surface area contributed by atoms with Crippen LogP contribution in [0.25, 0.3) is 0 Å². The second-order valence-corrected chi connectivity index (χ2v) is 6.41. The maximum Gasteiger partial charge on any atom is 0.261 e. The van der Waals surface area contributed by atoms with Crippen molar-refractivity contribution in [3.8, 4) is 5.75 Å². The highest BCUT2D eigenvalue weighted by atomic mass is 127. The smallest absolute Gasteiger partial charge is 0.261 e. The number of methoxy groups -OCH3 is 1. The molecule has 126 valence electrons. The summed E-state index contributed by atoms with van der Waals surface area (Å²) in [6.45, 7) is 0.814. The van der Waals surface area contributed by atoms with Gasteiger partial charge in [-0.2, -0.15) is 0 Å². The Bertz CT molecular complexity index is 707. The fourth-order valence-electron chi connectivity index (χ4n) is 1.88. The number of carbonyl (C=O) groups excluding carboxylic acids is 1. The molecule has 0 radical (unpaired) electrons. The van der Waals surface area contributed by atoms with Gasteiger partial charge in [-0.05, 0) is 71.2 Å².